The Labute approximate surface area is 124 Å². The number of hydrogen-bond donors (Lipinski definition) is 2. The lowest BCUT2D eigenvalue weighted by Crippen LogP contribution is -2.32. The smallest absolute Gasteiger partial charge is 0.246 e. The minimum Gasteiger partial charge on any atom is -0.374 e. The molecular weight excluding hydrogens is 267 g/mol. The van der Waals surface area contributed by atoms with Crippen molar-refractivity contribution in [2.45, 2.75) is 26.3 Å². The van der Waals surface area contributed by atoms with Gasteiger partial charge in [-0.15, -0.1) is 0 Å². The number of rotatable bonds is 5. The van der Waals surface area contributed by atoms with Gasteiger partial charge in [-0.1, -0.05) is 31.2 Å². The molecule has 2 rings (SSSR count). The Balaban J connectivity index is 1.97. The summed E-state index contributed by atoms with van der Waals surface area (Å²) in [6.07, 6.45) is 0.976. The first-order valence-electron chi connectivity index (χ1n) is 7.01. The van der Waals surface area contributed by atoms with Gasteiger partial charge in [0.15, 0.2) is 0 Å². The van der Waals surface area contributed by atoms with Gasteiger partial charge in [-0.3, -0.25) is 4.79 Å². The zero-order chi connectivity index (χ0) is 15.2. The van der Waals surface area contributed by atoms with Crippen molar-refractivity contribution in [1.29, 1.82) is 0 Å². The number of halogens is 1. The third-order valence-corrected chi connectivity index (χ3v) is 3.27. The van der Waals surface area contributed by atoms with Crippen LogP contribution < -0.4 is 10.6 Å². The van der Waals surface area contributed by atoms with Gasteiger partial charge < -0.3 is 10.6 Å². The minimum atomic E-state index is -0.461. The summed E-state index contributed by atoms with van der Waals surface area (Å²) in [5.41, 5.74) is 2.30. The summed E-state index contributed by atoms with van der Waals surface area (Å²) in [7, 11) is 0. The van der Waals surface area contributed by atoms with E-state index in [0.29, 0.717) is 0 Å². The van der Waals surface area contributed by atoms with E-state index in [1.165, 1.54) is 17.7 Å². The van der Waals surface area contributed by atoms with Crippen molar-refractivity contribution in [3.05, 3.63) is 59.9 Å². The monoisotopic (exact) mass is 286 g/mol. The Bertz CT molecular complexity index is 610. The van der Waals surface area contributed by atoms with Crippen molar-refractivity contribution < 1.29 is 9.18 Å². The highest BCUT2D eigenvalue weighted by Gasteiger charge is 2.14. The number of carbonyl (C=O) groups is 1. The number of amides is 1. The van der Waals surface area contributed by atoms with Gasteiger partial charge in [-0.05, 0) is 43.2 Å². The third-order valence-electron chi connectivity index (χ3n) is 3.27. The molecule has 2 N–H and O–H groups in total. The second-order valence-corrected chi connectivity index (χ2v) is 4.89. The van der Waals surface area contributed by atoms with Crippen molar-refractivity contribution in [2.24, 2.45) is 0 Å². The predicted molar refractivity (Wildman–Crippen MR) is 83.9 cm³/mol. The molecule has 1 unspecified atom stereocenters. The van der Waals surface area contributed by atoms with E-state index < -0.39 is 11.9 Å². The summed E-state index contributed by atoms with van der Waals surface area (Å²) in [5, 5.41) is 5.67. The number of benzene rings is 2. The van der Waals surface area contributed by atoms with Crippen LogP contribution in [0.4, 0.5) is 15.8 Å². The first kappa shape index (κ1) is 15.0. The molecule has 0 bridgehead atoms. The van der Waals surface area contributed by atoms with E-state index in [4.69, 9.17) is 0 Å². The molecule has 0 aliphatic rings. The predicted octanol–water partition coefficient (Wildman–Crippen LogP) is 3.83. The van der Waals surface area contributed by atoms with Gasteiger partial charge in [-0.2, -0.15) is 0 Å². The molecule has 110 valence electrons. The van der Waals surface area contributed by atoms with Crippen LogP contribution in [0.3, 0.4) is 0 Å². The summed E-state index contributed by atoms with van der Waals surface area (Å²) in [6.45, 7) is 3.83. The molecule has 0 radical (unpaired) electrons. The molecule has 0 saturated carbocycles. The average molecular weight is 286 g/mol. The van der Waals surface area contributed by atoms with Crippen LogP contribution in [0.5, 0.6) is 0 Å². The number of para-hydroxylation sites is 1. The Kier molecular flexibility index (Phi) is 4.93. The molecule has 1 atom stereocenters. The molecule has 4 heteroatoms. The van der Waals surface area contributed by atoms with E-state index in [1.54, 1.807) is 19.1 Å². The van der Waals surface area contributed by atoms with Crippen LogP contribution in [-0.4, -0.2) is 11.9 Å². The maximum absolute atomic E-state index is 13.5. The van der Waals surface area contributed by atoms with Gasteiger partial charge in [0, 0.05) is 5.69 Å². The molecule has 21 heavy (non-hydrogen) atoms. The quantitative estimate of drug-likeness (QED) is 0.877. The first-order valence-corrected chi connectivity index (χ1v) is 7.01. The Morgan fingerprint density at radius 2 is 1.81 bits per heavy atom. The standard InChI is InChI=1S/C17H19FN2O/c1-3-13-8-10-14(11-9-13)19-12(2)17(21)20-16-7-5-4-6-15(16)18/h4-12,19H,3H2,1-2H3,(H,20,21). The lowest BCUT2D eigenvalue weighted by Gasteiger charge is -2.15. The number of carbonyl (C=O) groups excluding carboxylic acids is 1. The number of nitrogens with one attached hydrogen (secondary N) is 2. The minimum absolute atomic E-state index is 0.192. The highest BCUT2D eigenvalue weighted by molar-refractivity contribution is 5.96. The first-order chi connectivity index (χ1) is 10.1. The van der Waals surface area contributed by atoms with E-state index in [1.807, 2.05) is 24.3 Å². The lowest BCUT2D eigenvalue weighted by atomic mass is 10.1. The molecule has 0 fully saturated rings. The molecule has 2 aromatic carbocycles. The van der Waals surface area contributed by atoms with Crippen LogP contribution in [0, 0.1) is 5.82 Å². The summed E-state index contributed by atoms with van der Waals surface area (Å²) < 4.78 is 13.5. The van der Waals surface area contributed by atoms with Crippen LogP contribution in [0.1, 0.15) is 19.4 Å². The maximum Gasteiger partial charge on any atom is 0.246 e. The molecule has 0 aromatic heterocycles. The highest BCUT2D eigenvalue weighted by atomic mass is 19.1. The van der Waals surface area contributed by atoms with Crippen LogP contribution in [0.2, 0.25) is 0 Å². The molecule has 3 nitrogen and oxygen atoms in total. The van der Waals surface area contributed by atoms with Gasteiger partial charge in [0.1, 0.15) is 11.9 Å². The molecule has 0 aliphatic heterocycles. The summed E-state index contributed by atoms with van der Waals surface area (Å²) in [5.74, 6) is -0.718. The maximum atomic E-state index is 13.5. The van der Waals surface area contributed by atoms with Gasteiger partial charge in [-0.25, -0.2) is 4.39 Å². The van der Waals surface area contributed by atoms with Crippen molar-refractivity contribution in [3.8, 4) is 0 Å². The van der Waals surface area contributed by atoms with Gasteiger partial charge in [0.05, 0.1) is 5.69 Å². The summed E-state index contributed by atoms with van der Waals surface area (Å²) >= 11 is 0. The fourth-order valence-electron chi connectivity index (χ4n) is 1.96. The second-order valence-electron chi connectivity index (χ2n) is 4.89. The average Bonchev–Trinajstić information content (AvgIpc) is 2.50. The molecule has 0 saturated heterocycles. The second kappa shape index (κ2) is 6.88. The molecule has 1 amide bonds. The van der Waals surface area contributed by atoms with Crippen LogP contribution in [0.15, 0.2) is 48.5 Å². The largest absolute Gasteiger partial charge is 0.374 e. The van der Waals surface area contributed by atoms with E-state index in [9.17, 15) is 9.18 Å². The van der Waals surface area contributed by atoms with Crippen LogP contribution in [0.25, 0.3) is 0 Å². The SMILES string of the molecule is CCc1ccc(NC(C)C(=O)Nc2ccccc2F)cc1. The summed E-state index contributed by atoms with van der Waals surface area (Å²) in [4.78, 5) is 12.1. The molecular formula is C17H19FN2O. The molecule has 0 aliphatic carbocycles. The third kappa shape index (κ3) is 4.05. The Hall–Kier alpha value is -2.36. The molecule has 0 spiro atoms. The Morgan fingerprint density at radius 3 is 2.43 bits per heavy atom. The zero-order valence-corrected chi connectivity index (χ0v) is 12.2. The fourth-order valence-corrected chi connectivity index (χ4v) is 1.96. The van der Waals surface area contributed by atoms with E-state index in [2.05, 4.69) is 17.6 Å². The molecule has 0 heterocycles. The van der Waals surface area contributed by atoms with Gasteiger partial charge in [0.2, 0.25) is 5.91 Å². The fraction of sp³-hybridized carbons (Fsp3) is 0.235. The van der Waals surface area contributed by atoms with Gasteiger partial charge >= 0.3 is 0 Å². The number of anilines is 2. The van der Waals surface area contributed by atoms with Gasteiger partial charge in [0.25, 0.3) is 0 Å². The number of hydrogen-bond acceptors (Lipinski definition) is 2. The normalized spacial score (nSPS) is 11.8. The van der Waals surface area contributed by atoms with Crippen LogP contribution >= 0.6 is 0 Å². The zero-order valence-electron chi connectivity index (χ0n) is 12.2. The van der Waals surface area contributed by atoms with E-state index in [0.717, 1.165) is 12.1 Å². The number of aryl methyl sites for hydroxylation is 1. The van der Waals surface area contributed by atoms with E-state index in [-0.39, 0.29) is 11.6 Å². The van der Waals surface area contributed by atoms with Crippen molar-refractivity contribution in [2.75, 3.05) is 10.6 Å². The van der Waals surface area contributed by atoms with E-state index >= 15 is 0 Å². The molecule has 2 aromatic rings. The lowest BCUT2D eigenvalue weighted by molar-refractivity contribution is -0.116. The Morgan fingerprint density at radius 1 is 1.14 bits per heavy atom. The van der Waals surface area contributed by atoms with Crippen molar-refractivity contribution >= 4 is 17.3 Å². The van der Waals surface area contributed by atoms with Crippen LogP contribution in [-0.2, 0) is 11.2 Å². The summed E-state index contributed by atoms with van der Waals surface area (Å²) in [6, 6.07) is 13.6. The van der Waals surface area contributed by atoms with Crippen molar-refractivity contribution in [3.63, 3.8) is 0 Å². The highest BCUT2D eigenvalue weighted by Crippen LogP contribution is 2.14. The topological polar surface area (TPSA) is 41.1 Å². The van der Waals surface area contributed by atoms with Crippen molar-refractivity contribution in [1.82, 2.24) is 0 Å².